The standard InChI is InChI=1S/C16H17BrN2O/c1-12-5-7-15(8-6-12)19-16(20)18-10-9-13-3-2-4-14(17)11-13/h2-8,11H,9-10H2,1H3,(H2,18,19,20). The quantitative estimate of drug-likeness (QED) is 0.868. The maximum atomic E-state index is 11.7. The molecule has 2 amide bonds. The van der Waals surface area contributed by atoms with Crippen molar-refractivity contribution < 1.29 is 4.79 Å². The third kappa shape index (κ3) is 4.70. The fraction of sp³-hybridized carbons (Fsp3) is 0.188. The van der Waals surface area contributed by atoms with Gasteiger partial charge >= 0.3 is 6.03 Å². The number of rotatable bonds is 4. The van der Waals surface area contributed by atoms with Gasteiger partial charge in [-0.3, -0.25) is 0 Å². The topological polar surface area (TPSA) is 41.1 Å². The highest BCUT2D eigenvalue weighted by Crippen LogP contribution is 2.12. The van der Waals surface area contributed by atoms with Crippen LogP contribution in [-0.2, 0) is 6.42 Å². The van der Waals surface area contributed by atoms with Crippen LogP contribution < -0.4 is 10.6 Å². The molecule has 2 aromatic carbocycles. The predicted molar refractivity (Wildman–Crippen MR) is 86.0 cm³/mol. The fourth-order valence-electron chi connectivity index (χ4n) is 1.83. The van der Waals surface area contributed by atoms with Gasteiger partial charge in [0.2, 0.25) is 0 Å². The molecule has 20 heavy (non-hydrogen) atoms. The van der Waals surface area contributed by atoms with E-state index < -0.39 is 0 Å². The minimum atomic E-state index is -0.177. The average molecular weight is 333 g/mol. The van der Waals surface area contributed by atoms with Gasteiger partial charge in [-0.15, -0.1) is 0 Å². The van der Waals surface area contributed by atoms with Gasteiger partial charge in [-0.2, -0.15) is 0 Å². The van der Waals surface area contributed by atoms with Gasteiger partial charge in [0.15, 0.2) is 0 Å². The van der Waals surface area contributed by atoms with Crippen LogP contribution in [0, 0.1) is 6.92 Å². The number of urea groups is 1. The third-order valence-electron chi connectivity index (χ3n) is 2.90. The maximum Gasteiger partial charge on any atom is 0.319 e. The molecular weight excluding hydrogens is 316 g/mol. The number of hydrogen-bond donors (Lipinski definition) is 2. The van der Waals surface area contributed by atoms with Crippen molar-refractivity contribution in [3.05, 3.63) is 64.1 Å². The fourth-order valence-corrected chi connectivity index (χ4v) is 2.27. The minimum absolute atomic E-state index is 0.177. The zero-order chi connectivity index (χ0) is 14.4. The first-order chi connectivity index (χ1) is 9.63. The first-order valence-corrected chi connectivity index (χ1v) is 7.29. The van der Waals surface area contributed by atoms with Gasteiger partial charge in [-0.05, 0) is 43.2 Å². The van der Waals surface area contributed by atoms with E-state index in [1.54, 1.807) is 0 Å². The van der Waals surface area contributed by atoms with E-state index in [4.69, 9.17) is 0 Å². The number of aryl methyl sites for hydroxylation is 1. The Hall–Kier alpha value is -1.81. The molecule has 2 N–H and O–H groups in total. The third-order valence-corrected chi connectivity index (χ3v) is 3.39. The average Bonchev–Trinajstić information content (AvgIpc) is 2.41. The number of halogens is 1. The molecule has 3 nitrogen and oxygen atoms in total. The molecule has 0 aliphatic heterocycles. The Labute approximate surface area is 127 Å². The molecule has 0 fully saturated rings. The molecule has 104 valence electrons. The second kappa shape index (κ2) is 7.10. The van der Waals surface area contributed by atoms with E-state index in [0.717, 1.165) is 16.6 Å². The van der Waals surface area contributed by atoms with Crippen LogP contribution in [0.25, 0.3) is 0 Å². The van der Waals surface area contributed by atoms with Crippen LogP contribution in [0.4, 0.5) is 10.5 Å². The van der Waals surface area contributed by atoms with E-state index in [1.807, 2.05) is 49.4 Å². The highest BCUT2D eigenvalue weighted by atomic mass is 79.9. The van der Waals surface area contributed by atoms with Crippen molar-refractivity contribution in [2.45, 2.75) is 13.3 Å². The van der Waals surface area contributed by atoms with Crippen LogP contribution in [-0.4, -0.2) is 12.6 Å². The van der Waals surface area contributed by atoms with Crippen molar-refractivity contribution in [3.8, 4) is 0 Å². The molecule has 0 saturated heterocycles. The van der Waals surface area contributed by atoms with Gasteiger partial charge in [0.05, 0.1) is 0 Å². The Balaban J connectivity index is 1.76. The summed E-state index contributed by atoms with van der Waals surface area (Å²) in [6.45, 7) is 2.62. The Bertz CT molecular complexity index is 581. The number of amides is 2. The molecule has 0 aliphatic rings. The molecule has 0 saturated carbocycles. The number of hydrogen-bond acceptors (Lipinski definition) is 1. The molecular formula is C16H17BrN2O. The molecule has 4 heteroatoms. The molecule has 0 aliphatic carbocycles. The number of carbonyl (C=O) groups is 1. The summed E-state index contributed by atoms with van der Waals surface area (Å²) in [5, 5.41) is 5.66. The zero-order valence-corrected chi connectivity index (χ0v) is 12.9. The Morgan fingerprint density at radius 1 is 1.15 bits per heavy atom. The normalized spacial score (nSPS) is 10.1. The summed E-state index contributed by atoms with van der Waals surface area (Å²) in [5.41, 5.74) is 3.16. The molecule has 0 heterocycles. The summed E-state index contributed by atoms with van der Waals surface area (Å²) in [5.74, 6) is 0. The first-order valence-electron chi connectivity index (χ1n) is 6.49. The van der Waals surface area contributed by atoms with Crippen LogP contribution in [0.5, 0.6) is 0 Å². The lowest BCUT2D eigenvalue weighted by Crippen LogP contribution is -2.30. The van der Waals surface area contributed by atoms with Gasteiger partial charge in [0.25, 0.3) is 0 Å². The van der Waals surface area contributed by atoms with Crippen LogP contribution in [0.1, 0.15) is 11.1 Å². The van der Waals surface area contributed by atoms with Gasteiger partial charge in [-0.1, -0.05) is 45.8 Å². The highest BCUT2D eigenvalue weighted by molar-refractivity contribution is 9.10. The van der Waals surface area contributed by atoms with Crippen molar-refractivity contribution in [2.75, 3.05) is 11.9 Å². The van der Waals surface area contributed by atoms with Crippen LogP contribution in [0.15, 0.2) is 53.0 Å². The molecule has 0 unspecified atom stereocenters. The maximum absolute atomic E-state index is 11.7. The van der Waals surface area contributed by atoms with Crippen molar-refractivity contribution >= 4 is 27.6 Å². The van der Waals surface area contributed by atoms with Crippen molar-refractivity contribution in [3.63, 3.8) is 0 Å². The summed E-state index contributed by atoms with van der Waals surface area (Å²) >= 11 is 3.43. The molecule has 0 atom stereocenters. The van der Waals surface area contributed by atoms with Crippen LogP contribution >= 0.6 is 15.9 Å². The van der Waals surface area contributed by atoms with Crippen molar-refractivity contribution in [1.82, 2.24) is 5.32 Å². The van der Waals surface area contributed by atoms with Gasteiger partial charge < -0.3 is 10.6 Å². The van der Waals surface area contributed by atoms with E-state index >= 15 is 0 Å². The number of anilines is 1. The summed E-state index contributed by atoms with van der Waals surface area (Å²) in [6.07, 6.45) is 0.806. The van der Waals surface area contributed by atoms with Crippen LogP contribution in [0.3, 0.4) is 0 Å². The first kappa shape index (κ1) is 14.6. The molecule has 0 aromatic heterocycles. The minimum Gasteiger partial charge on any atom is -0.338 e. The smallest absolute Gasteiger partial charge is 0.319 e. The molecule has 0 spiro atoms. The molecule has 0 radical (unpaired) electrons. The lowest BCUT2D eigenvalue weighted by molar-refractivity contribution is 0.252. The lowest BCUT2D eigenvalue weighted by Gasteiger charge is -2.08. The summed E-state index contributed by atoms with van der Waals surface area (Å²) in [4.78, 5) is 11.7. The Morgan fingerprint density at radius 3 is 2.60 bits per heavy atom. The predicted octanol–water partition coefficient (Wildman–Crippen LogP) is 4.12. The van der Waals surface area contributed by atoms with Gasteiger partial charge in [-0.25, -0.2) is 4.79 Å². The summed E-state index contributed by atoms with van der Waals surface area (Å²) in [6, 6.07) is 15.6. The van der Waals surface area contributed by atoms with Crippen molar-refractivity contribution in [2.24, 2.45) is 0 Å². The van der Waals surface area contributed by atoms with Crippen molar-refractivity contribution in [1.29, 1.82) is 0 Å². The van der Waals surface area contributed by atoms with Crippen LogP contribution in [0.2, 0.25) is 0 Å². The largest absolute Gasteiger partial charge is 0.338 e. The van der Waals surface area contributed by atoms with E-state index in [1.165, 1.54) is 11.1 Å². The van der Waals surface area contributed by atoms with E-state index in [9.17, 15) is 4.79 Å². The Morgan fingerprint density at radius 2 is 1.90 bits per heavy atom. The van der Waals surface area contributed by atoms with Gasteiger partial charge in [0, 0.05) is 16.7 Å². The number of benzene rings is 2. The monoisotopic (exact) mass is 332 g/mol. The lowest BCUT2D eigenvalue weighted by atomic mass is 10.1. The Kier molecular flexibility index (Phi) is 5.18. The number of carbonyl (C=O) groups excluding carboxylic acids is 1. The molecule has 2 aromatic rings. The highest BCUT2D eigenvalue weighted by Gasteiger charge is 2.01. The second-order valence-corrected chi connectivity index (χ2v) is 5.54. The summed E-state index contributed by atoms with van der Waals surface area (Å²) in [7, 11) is 0. The van der Waals surface area contributed by atoms with Gasteiger partial charge in [0.1, 0.15) is 0 Å². The zero-order valence-electron chi connectivity index (χ0n) is 11.3. The molecule has 0 bridgehead atoms. The number of nitrogens with one attached hydrogen (secondary N) is 2. The summed E-state index contributed by atoms with van der Waals surface area (Å²) < 4.78 is 1.05. The SMILES string of the molecule is Cc1ccc(NC(=O)NCCc2cccc(Br)c2)cc1. The second-order valence-electron chi connectivity index (χ2n) is 4.63. The molecule has 2 rings (SSSR count). The van der Waals surface area contributed by atoms with E-state index in [2.05, 4.69) is 32.6 Å². The van der Waals surface area contributed by atoms with E-state index in [-0.39, 0.29) is 6.03 Å². The van der Waals surface area contributed by atoms with E-state index in [0.29, 0.717) is 6.54 Å².